The van der Waals surface area contributed by atoms with Crippen molar-refractivity contribution in [3.8, 4) is 5.75 Å². The Kier molecular flexibility index (Phi) is 8.78. The first-order valence-corrected chi connectivity index (χ1v) is 13.7. The maximum absolute atomic E-state index is 14.7. The molecule has 1 aliphatic rings. The first-order chi connectivity index (χ1) is 20.1. The minimum atomic E-state index is -1.86. The number of nitrogens with one attached hydrogen (secondary N) is 1. The van der Waals surface area contributed by atoms with Crippen molar-refractivity contribution in [2.75, 3.05) is 42.7 Å². The van der Waals surface area contributed by atoms with E-state index in [1.165, 1.54) is 17.4 Å². The van der Waals surface area contributed by atoms with Gasteiger partial charge in [-0.25, -0.2) is 28.6 Å². The lowest BCUT2D eigenvalue weighted by Crippen LogP contribution is -2.57. The summed E-state index contributed by atoms with van der Waals surface area (Å²) in [6, 6.07) is 14.4. The fourth-order valence-electron chi connectivity index (χ4n) is 4.86. The molecule has 0 bridgehead atoms. The lowest BCUT2D eigenvalue weighted by atomic mass is 9.90. The van der Waals surface area contributed by atoms with Gasteiger partial charge in [-0.05, 0) is 48.5 Å². The number of carbonyl (C=O) groups excluding carboxylic acids is 1. The van der Waals surface area contributed by atoms with E-state index < -0.39 is 23.3 Å². The SMILES string of the molecule is NC(=O)N(c1ccc(Cl)cc1Cl)N1CCN(c2ccc(OCC(O)(Cc3ncn[nH]3)c3ccc(F)cc3F)cc2)CC1. The van der Waals surface area contributed by atoms with Gasteiger partial charge in [-0.15, -0.1) is 0 Å². The monoisotopic (exact) mass is 617 g/mol. The normalized spacial score (nSPS) is 15.3. The van der Waals surface area contributed by atoms with Gasteiger partial charge < -0.3 is 20.5 Å². The molecule has 0 saturated carbocycles. The molecule has 1 aliphatic heterocycles. The molecule has 0 aliphatic carbocycles. The summed E-state index contributed by atoms with van der Waals surface area (Å²) in [5.74, 6) is -0.907. The second-order valence-electron chi connectivity index (χ2n) is 9.73. The molecule has 1 unspecified atom stereocenters. The number of benzene rings is 3. The molecule has 220 valence electrons. The number of H-pyrrole nitrogens is 1. The van der Waals surface area contributed by atoms with Crippen LogP contribution in [0.25, 0.3) is 0 Å². The van der Waals surface area contributed by atoms with E-state index >= 15 is 0 Å². The van der Waals surface area contributed by atoms with E-state index in [1.807, 2.05) is 17.1 Å². The largest absolute Gasteiger partial charge is 0.490 e. The summed E-state index contributed by atoms with van der Waals surface area (Å²) in [4.78, 5) is 18.4. The number of primary amides is 1. The Balaban J connectivity index is 1.24. The van der Waals surface area contributed by atoms with Crippen molar-refractivity contribution in [2.45, 2.75) is 12.0 Å². The Hall–Kier alpha value is -3.97. The Morgan fingerprint density at radius 1 is 1.07 bits per heavy atom. The van der Waals surface area contributed by atoms with Crippen LogP contribution in [0, 0.1) is 11.6 Å². The van der Waals surface area contributed by atoms with Crippen LogP contribution in [0.5, 0.6) is 5.75 Å². The second kappa shape index (κ2) is 12.5. The number of hydrazine groups is 1. The zero-order chi connectivity index (χ0) is 29.9. The topological polar surface area (TPSA) is 124 Å². The molecule has 4 aromatic rings. The fourth-order valence-corrected chi connectivity index (χ4v) is 5.35. The van der Waals surface area contributed by atoms with Gasteiger partial charge in [0.1, 0.15) is 41.7 Å². The second-order valence-corrected chi connectivity index (χ2v) is 10.6. The summed E-state index contributed by atoms with van der Waals surface area (Å²) < 4.78 is 34.1. The summed E-state index contributed by atoms with van der Waals surface area (Å²) in [6.07, 6.45) is 1.13. The van der Waals surface area contributed by atoms with Gasteiger partial charge >= 0.3 is 6.03 Å². The Morgan fingerprint density at radius 2 is 1.81 bits per heavy atom. The Bertz CT molecular complexity index is 1540. The summed E-state index contributed by atoms with van der Waals surface area (Å²) in [7, 11) is 0. The first kappa shape index (κ1) is 29.5. The van der Waals surface area contributed by atoms with Crippen molar-refractivity contribution in [2.24, 2.45) is 5.73 Å². The van der Waals surface area contributed by atoms with Crippen LogP contribution in [0.15, 0.2) is 67.0 Å². The number of hydrogen-bond donors (Lipinski definition) is 3. The molecular formula is C28H27Cl2F2N7O3. The van der Waals surface area contributed by atoms with Gasteiger partial charge in [-0.2, -0.15) is 5.10 Å². The lowest BCUT2D eigenvalue weighted by molar-refractivity contribution is -0.0138. The van der Waals surface area contributed by atoms with Gasteiger partial charge in [0.05, 0.1) is 10.7 Å². The van der Waals surface area contributed by atoms with Gasteiger partial charge in [-0.3, -0.25) is 5.10 Å². The van der Waals surface area contributed by atoms with Crippen LogP contribution in [-0.4, -0.2) is 64.1 Å². The average Bonchev–Trinajstić information content (AvgIpc) is 3.46. The van der Waals surface area contributed by atoms with Crippen LogP contribution >= 0.6 is 23.2 Å². The van der Waals surface area contributed by atoms with Crippen molar-refractivity contribution in [3.63, 3.8) is 0 Å². The smallest absolute Gasteiger partial charge is 0.334 e. The number of nitrogens with zero attached hydrogens (tertiary/aromatic N) is 5. The third kappa shape index (κ3) is 6.57. The van der Waals surface area contributed by atoms with Gasteiger partial charge in [0.2, 0.25) is 0 Å². The van der Waals surface area contributed by atoms with E-state index in [0.29, 0.717) is 59.6 Å². The number of piperazine rings is 1. The predicted molar refractivity (Wildman–Crippen MR) is 155 cm³/mol. The van der Waals surface area contributed by atoms with E-state index in [-0.39, 0.29) is 18.6 Å². The number of hydrogen-bond acceptors (Lipinski definition) is 7. The lowest BCUT2D eigenvalue weighted by Gasteiger charge is -2.41. The quantitative estimate of drug-likeness (QED) is 0.252. The molecule has 0 spiro atoms. The zero-order valence-corrected chi connectivity index (χ0v) is 23.7. The third-order valence-electron chi connectivity index (χ3n) is 6.92. The van der Waals surface area contributed by atoms with Gasteiger partial charge in [-0.1, -0.05) is 29.3 Å². The molecule has 0 radical (unpaired) electrons. The van der Waals surface area contributed by atoms with Gasteiger partial charge in [0.25, 0.3) is 0 Å². The first-order valence-electron chi connectivity index (χ1n) is 12.9. The molecule has 10 nitrogen and oxygen atoms in total. The van der Waals surface area contributed by atoms with Crippen LogP contribution in [0.2, 0.25) is 10.0 Å². The standard InChI is InChI=1S/C28H27Cl2F2N7O3/c29-18-1-8-25(23(30)13-18)39(27(33)40)38-11-9-37(10-12-38)20-3-5-21(6-4-20)42-16-28(41,15-26-34-17-35-36-26)22-7-2-19(31)14-24(22)32/h1-8,13-14,17,41H,9-12,15-16H2,(H2,33,40)(H,34,35,36). The number of ether oxygens (including phenoxy) is 1. The zero-order valence-electron chi connectivity index (χ0n) is 22.2. The van der Waals surface area contributed by atoms with Gasteiger partial charge in [0, 0.05) is 54.9 Å². The number of urea groups is 1. The average molecular weight is 618 g/mol. The molecule has 1 atom stereocenters. The molecule has 42 heavy (non-hydrogen) atoms. The molecule has 1 saturated heterocycles. The highest BCUT2D eigenvalue weighted by Crippen LogP contribution is 2.32. The number of halogens is 4. The Morgan fingerprint density at radius 3 is 2.43 bits per heavy atom. The number of aromatic amines is 1. The molecule has 5 rings (SSSR count). The van der Waals surface area contributed by atoms with E-state index in [1.54, 1.807) is 30.3 Å². The summed E-state index contributed by atoms with van der Waals surface area (Å²) >= 11 is 12.3. The highest BCUT2D eigenvalue weighted by atomic mass is 35.5. The number of aromatic nitrogens is 3. The summed E-state index contributed by atoms with van der Waals surface area (Å²) in [6.45, 7) is 1.85. The van der Waals surface area contributed by atoms with E-state index in [0.717, 1.165) is 11.8 Å². The maximum Gasteiger partial charge on any atom is 0.334 e. The van der Waals surface area contributed by atoms with Crippen LogP contribution in [0.4, 0.5) is 25.0 Å². The molecule has 14 heteroatoms. The highest BCUT2D eigenvalue weighted by molar-refractivity contribution is 6.36. The number of carbonyl (C=O) groups is 1. The molecule has 3 aromatic carbocycles. The van der Waals surface area contributed by atoms with Gasteiger partial charge in [0.15, 0.2) is 0 Å². The molecule has 1 aromatic heterocycles. The van der Waals surface area contributed by atoms with Crippen molar-refractivity contribution >= 4 is 40.6 Å². The van der Waals surface area contributed by atoms with Crippen molar-refractivity contribution in [3.05, 3.63) is 100 Å². The fraction of sp³-hybridized carbons (Fsp3) is 0.250. The van der Waals surface area contributed by atoms with Crippen LogP contribution in [-0.2, 0) is 12.0 Å². The minimum Gasteiger partial charge on any atom is -0.490 e. The number of aliphatic hydroxyl groups is 1. The molecule has 4 N–H and O–H groups in total. The maximum atomic E-state index is 14.7. The number of rotatable bonds is 9. The number of nitrogens with two attached hydrogens (primary N) is 1. The number of anilines is 2. The van der Waals surface area contributed by atoms with E-state index in [4.69, 9.17) is 33.7 Å². The third-order valence-corrected chi connectivity index (χ3v) is 7.46. The van der Waals surface area contributed by atoms with E-state index in [9.17, 15) is 18.7 Å². The molecule has 1 fully saturated rings. The van der Waals surface area contributed by atoms with Crippen molar-refractivity contribution in [1.82, 2.24) is 20.2 Å². The molecule has 2 heterocycles. The van der Waals surface area contributed by atoms with Crippen molar-refractivity contribution < 1.29 is 23.4 Å². The molecular weight excluding hydrogens is 591 g/mol. The van der Waals surface area contributed by atoms with Crippen LogP contribution < -0.4 is 20.4 Å². The summed E-state index contributed by atoms with van der Waals surface area (Å²) in [5.41, 5.74) is 5.07. The van der Waals surface area contributed by atoms with Crippen LogP contribution in [0.1, 0.15) is 11.4 Å². The van der Waals surface area contributed by atoms with Crippen LogP contribution in [0.3, 0.4) is 0 Å². The predicted octanol–water partition coefficient (Wildman–Crippen LogP) is 4.52. The molecule has 2 amide bonds. The number of amides is 2. The van der Waals surface area contributed by atoms with Crippen molar-refractivity contribution in [1.29, 1.82) is 0 Å². The summed E-state index contributed by atoms with van der Waals surface area (Å²) in [5, 5.41) is 21.8. The highest BCUT2D eigenvalue weighted by Gasteiger charge is 2.35. The Labute approximate surface area is 250 Å². The minimum absolute atomic E-state index is 0.125. The van der Waals surface area contributed by atoms with E-state index in [2.05, 4.69) is 20.1 Å².